The van der Waals surface area contributed by atoms with Gasteiger partial charge in [-0.15, -0.1) is 0 Å². The van der Waals surface area contributed by atoms with Crippen LogP contribution in [-0.2, 0) is 0 Å². The molecule has 2 rings (SSSR count). The quantitative estimate of drug-likeness (QED) is 0.864. The van der Waals surface area contributed by atoms with Crippen molar-refractivity contribution in [3.05, 3.63) is 34.4 Å². The molecule has 0 fully saturated rings. The van der Waals surface area contributed by atoms with Crippen molar-refractivity contribution >= 4 is 26.8 Å². The molecule has 0 radical (unpaired) electrons. The minimum Gasteiger partial charge on any atom is -0.361 e. The Morgan fingerprint density at radius 2 is 2.06 bits per heavy atom. The maximum absolute atomic E-state index is 6.27. The average molecular weight is 295 g/mol. The second kappa shape index (κ2) is 5.23. The number of fused-ring (bicyclic) bond motifs is 1. The highest BCUT2D eigenvalue weighted by molar-refractivity contribution is 9.10. The second-order valence-electron chi connectivity index (χ2n) is 5.01. The van der Waals surface area contributed by atoms with Gasteiger partial charge in [-0.2, -0.15) is 0 Å². The molecule has 1 atom stereocenters. The molecule has 0 bridgehead atoms. The third-order valence-electron chi connectivity index (χ3n) is 3.13. The van der Waals surface area contributed by atoms with E-state index in [2.05, 4.69) is 46.9 Å². The van der Waals surface area contributed by atoms with E-state index in [0.717, 1.165) is 16.4 Å². The van der Waals surface area contributed by atoms with Crippen molar-refractivity contribution in [2.45, 2.75) is 32.7 Å². The van der Waals surface area contributed by atoms with Gasteiger partial charge in [0.1, 0.15) is 0 Å². The SMILES string of the molecule is CC(C)CC[C@H](N)c1c[nH]c2ccc(Br)cc12. The summed E-state index contributed by atoms with van der Waals surface area (Å²) in [6.45, 7) is 4.47. The van der Waals surface area contributed by atoms with E-state index < -0.39 is 0 Å². The Labute approximate surface area is 111 Å². The fourth-order valence-corrected chi connectivity index (χ4v) is 2.45. The van der Waals surface area contributed by atoms with Gasteiger partial charge in [-0.05, 0) is 42.5 Å². The average Bonchev–Trinajstić information content (AvgIpc) is 2.68. The molecule has 0 aliphatic heterocycles. The third kappa shape index (κ3) is 2.90. The summed E-state index contributed by atoms with van der Waals surface area (Å²) < 4.78 is 1.10. The van der Waals surface area contributed by atoms with E-state index in [4.69, 9.17) is 5.73 Å². The van der Waals surface area contributed by atoms with Crippen LogP contribution in [-0.4, -0.2) is 4.98 Å². The Bertz CT molecular complexity index is 502. The van der Waals surface area contributed by atoms with Crippen LogP contribution in [0.1, 0.15) is 38.3 Å². The lowest BCUT2D eigenvalue weighted by Crippen LogP contribution is -2.10. The van der Waals surface area contributed by atoms with E-state index in [-0.39, 0.29) is 6.04 Å². The maximum atomic E-state index is 6.27. The molecule has 1 heterocycles. The lowest BCUT2D eigenvalue weighted by Gasteiger charge is -2.12. The van der Waals surface area contributed by atoms with Gasteiger partial charge < -0.3 is 10.7 Å². The first-order valence-corrected chi connectivity index (χ1v) is 6.89. The minimum absolute atomic E-state index is 0.125. The number of nitrogens with two attached hydrogens (primary N) is 1. The van der Waals surface area contributed by atoms with Crippen LogP contribution >= 0.6 is 15.9 Å². The Balaban J connectivity index is 2.25. The van der Waals surface area contributed by atoms with E-state index in [1.165, 1.54) is 17.4 Å². The zero-order chi connectivity index (χ0) is 12.4. The van der Waals surface area contributed by atoms with Crippen molar-refractivity contribution in [1.82, 2.24) is 4.98 Å². The number of aromatic amines is 1. The number of benzene rings is 1. The van der Waals surface area contributed by atoms with Crippen LogP contribution in [0.15, 0.2) is 28.9 Å². The largest absolute Gasteiger partial charge is 0.361 e. The summed E-state index contributed by atoms with van der Waals surface area (Å²) in [4.78, 5) is 3.28. The fraction of sp³-hybridized carbons (Fsp3) is 0.429. The van der Waals surface area contributed by atoms with Gasteiger partial charge in [-0.3, -0.25) is 0 Å². The molecule has 2 aromatic rings. The molecule has 0 aliphatic rings. The first-order chi connectivity index (χ1) is 8.08. The standard InChI is InChI=1S/C14H19BrN2/c1-9(2)3-5-13(16)12-8-17-14-6-4-10(15)7-11(12)14/h4,6-9,13,17H,3,5,16H2,1-2H3/t13-/m0/s1. The van der Waals surface area contributed by atoms with Gasteiger partial charge in [-0.1, -0.05) is 29.8 Å². The van der Waals surface area contributed by atoms with Gasteiger partial charge >= 0.3 is 0 Å². The van der Waals surface area contributed by atoms with Gasteiger partial charge in [-0.25, -0.2) is 0 Å². The minimum atomic E-state index is 0.125. The van der Waals surface area contributed by atoms with Gasteiger partial charge in [0.15, 0.2) is 0 Å². The topological polar surface area (TPSA) is 41.8 Å². The summed E-state index contributed by atoms with van der Waals surface area (Å²) >= 11 is 3.51. The first-order valence-electron chi connectivity index (χ1n) is 6.10. The summed E-state index contributed by atoms with van der Waals surface area (Å²) in [5, 5.41) is 1.23. The molecule has 1 aromatic carbocycles. The van der Waals surface area contributed by atoms with E-state index >= 15 is 0 Å². The summed E-state index contributed by atoms with van der Waals surface area (Å²) in [5.41, 5.74) is 8.65. The molecule has 0 amide bonds. The van der Waals surface area contributed by atoms with Crippen LogP contribution in [0.2, 0.25) is 0 Å². The molecule has 2 nitrogen and oxygen atoms in total. The van der Waals surface area contributed by atoms with Crippen LogP contribution in [0, 0.1) is 5.92 Å². The van der Waals surface area contributed by atoms with E-state index in [1.807, 2.05) is 12.3 Å². The molecule has 0 aliphatic carbocycles. The fourth-order valence-electron chi connectivity index (χ4n) is 2.09. The monoisotopic (exact) mass is 294 g/mol. The highest BCUT2D eigenvalue weighted by atomic mass is 79.9. The Kier molecular flexibility index (Phi) is 3.89. The second-order valence-corrected chi connectivity index (χ2v) is 5.93. The molecule has 0 unspecified atom stereocenters. The number of hydrogen-bond acceptors (Lipinski definition) is 1. The van der Waals surface area contributed by atoms with Crippen molar-refractivity contribution in [2.75, 3.05) is 0 Å². The molecule has 3 N–H and O–H groups in total. The van der Waals surface area contributed by atoms with Gasteiger partial charge in [0, 0.05) is 27.6 Å². The lowest BCUT2D eigenvalue weighted by atomic mass is 9.98. The third-order valence-corrected chi connectivity index (χ3v) is 3.62. The molecular weight excluding hydrogens is 276 g/mol. The Hall–Kier alpha value is -0.800. The predicted molar refractivity (Wildman–Crippen MR) is 77.0 cm³/mol. The molecule has 17 heavy (non-hydrogen) atoms. The van der Waals surface area contributed by atoms with Crippen LogP contribution in [0.5, 0.6) is 0 Å². The predicted octanol–water partition coefficient (Wildman–Crippen LogP) is 4.37. The number of nitrogens with one attached hydrogen (secondary N) is 1. The molecule has 0 saturated heterocycles. The molecule has 0 saturated carbocycles. The number of aromatic nitrogens is 1. The smallest absolute Gasteiger partial charge is 0.0458 e. The number of H-pyrrole nitrogens is 1. The van der Waals surface area contributed by atoms with Crippen molar-refractivity contribution in [2.24, 2.45) is 11.7 Å². The molecule has 0 spiro atoms. The van der Waals surface area contributed by atoms with Crippen LogP contribution in [0.25, 0.3) is 10.9 Å². The summed E-state index contributed by atoms with van der Waals surface area (Å²) in [7, 11) is 0. The van der Waals surface area contributed by atoms with E-state index in [0.29, 0.717) is 5.92 Å². The van der Waals surface area contributed by atoms with Crippen molar-refractivity contribution < 1.29 is 0 Å². The normalized spacial score (nSPS) is 13.5. The summed E-state index contributed by atoms with van der Waals surface area (Å²) in [6, 6.07) is 6.39. The molecular formula is C14H19BrN2. The molecule has 3 heteroatoms. The van der Waals surface area contributed by atoms with Gasteiger partial charge in [0.25, 0.3) is 0 Å². The van der Waals surface area contributed by atoms with Crippen molar-refractivity contribution in [1.29, 1.82) is 0 Å². The summed E-state index contributed by atoms with van der Waals surface area (Å²) in [5.74, 6) is 0.706. The number of rotatable bonds is 4. The molecule has 1 aromatic heterocycles. The first kappa shape index (κ1) is 12.7. The number of hydrogen-bond donors (Lipinski definition) is 2. The Morgan fingerprint density at radius 3 is 2.76 bits per heavy atom. The van der Waals surface area contributed by atoms with E-state index in [9.17, 15) is 0 Å². The highest BCUT2D eigenvalue weighted by Gasteiger charge is 2.12. The molecule has 92 valence electrons. The number of halogens is 1. The van der Waals surface area contributed by atoms with Crippen LogP contribution < -0.4 is 5.73 Å². The zero-order valence-corrected chi connectivity index (χ0v) is 11.9. The van der Waals surface area contributed by atoms with Crippen LogP contribution in [0.4, 0.5) is 0 Å². The maximum Gasteiger partial charge on any atom is 0.0458 e. The lowest BCUT2D eigenvalue weighted by molar-refractivity contribution is 0.508. The highest BCUT2D eigenvalue weighted by Crippen LogP contribution is 2.28. The van der Waals surface area contributed by atoms with Gasteiger partial charge in [0.05, 0.1) is 0 Å². The van der Waals surface area contributed by atoms with E-state index in [1.54, 1.807) is 0 Å². The Morgan fingerprint density at radius 1 is 1.29 bits per heavy atom. The van der Waals surface area contributed by atoms with Crippen molar-refractivity contribution in [3.63, 3.8) is 0 Å². The van der Waals surface area contributed by atoms with Crippen molar-refractivity contribution in [3.8, 4) is 0 Å². The summed E-state index contributed by atoms with van der Waals surface area (Å²) in [6.07, 6.45) is 4.25. The van der Waals surface area contributed by atoms with Crippen LogP contribution in [0.3, 0.4) is 0 Å². The zero-order valence-electron chi connectivity index (χ0n) is 10.3. The van der Waals surface area contributed by atoms with Gasteiger partial charge in [0.2, 0.25) is 0 Å².